The lowest BCUT2D eigenvalue weighted by Crippen LogP contribution is -2.09. The third-order valence-electron chi connectivity index (χ3n) is 4.19. The van der Waals surface area contributed by atoms with Crippen molar-refractivity contribution in [2.24, 2.45) is 0 Å². The number of unbranched alkanes of at least 4 members (excludes halogenated alkanes) is 9. The highest BCUT2D eigenvalue weighted by atomic mass is 16.5. The highest BCUT2D eigenvalue weighted by Gasteiger charge is 2.02. The van der Waals surface area contributed by atoms with Crippen molar-refractivity contribution in [3.8, 4) is 0 Å². The van der Waals surface area contributed by atoms with Gasteiger partial charge in [0.1, 0.15) is 0 Å². The van der Waals surface area contributed by atoms with E-state index >= 15 is 0 Å². The van der Waals surface area contributed by atoms with Gasteiger partial charge >= 0.3 is 5.97 Å². The number of ether oxygens (including phenoxy) is 3. The highest BCUT2D eigenvalue weighted by Crippen LogP contribution is 2.06. The second kappa shape index (κ2) is 21.4. The van der Waals surface area contributed by atoms with Crippen LogP contribution in [0.1, 0.15) is 97.3 Å². The van der Waals surface area contributed by atoms with Crippen LogP contribution in [0.4, 0.5) is 0 Å². The summed E-state index contributed by atoms with van der Waals surface area (Å²) < 4.78 is 16.2. The van der Waals surface area contributed by atoms with Gasteiger partial charge in [0, 0.05) is 19.6 Å². The Labute approximate surface area is 156 Å². The standard InChI is InChI=1S/C21H42O4/c1-3-5-7-9-10-11-12-16-23-19-20-24-17-14-15-21(22)25-18-13-8-6-4-2/h3-20H2,1-2H3. The van der Waals surface area contributed by atoms with Crippen LogP contribution in [0.5, 0.6) is 0 Å². The molecule has 0 rings (SSSR count). The van der Waals surface area contributed by atoms with Crippen LogP contribution in [-0.4, -0.2) is 39.0 Å². The minimum atomic E-state index is -0.102. The minimum absolute atomic E-state index is 0.102. The summed E-state index contributed by atoms with van der Waals surface area (Å²) >= 11 is 0. The molecule has 0 bridgehead atoms. The summed E-state index contributed by atoms with van der Waals surface area (Å²) in [6, 6.07) is 0. The Kier molecular flexibility index (Phi) is 20.9. The number of rotatable bonds is 20. The summed E-state index contributed by atoms with van der Waals surface area (Å²) in [7, 11) is 0. The maximum Gasteiger partial charge on any atom is 0.305 e. The Bertz CT molecular complexity index is 269. The molecule has 0 radical (unpaired) electrons. The molecule has 0 spiro atoms. The van der Waals surface area contributed by atoms with Crippen LogP contribution in [-0.2, 0) is 19.0 Å². The zero-order valence-corrected chi connectivity index (χ0v) is 16.9. The summed E-state index contributed by atoms with van der Waals surface area (Å²) in [5, 5.41) is 0. The van der Waals surface area contributed by atoms with Gasteiger partial charge in [0.15, 0.2) is 0 Å². The van der Waals surface area contributed by atoms with Gasteiger partial charge in [-0.3, -0.25) is 4.79 Å². The Morgan fingerprint density at radius 1 is 0.560 bits per heavy atom. The van der Waals surface area contributed by atoms with Gasteiger partial charge < -0.3 is 14.2 Å². The zero-order chi connectivity index (χ0) is 18.4. The molecule has 0 aromatic rings. The van der Waals surface area contributed by atoms with E-state index in [9.17, 15) is 4.79 Å². The normalized spacial score (nSPS) is 11.0. The third-order valence-corrected chi connectivity index (χ3v) is 4.19. The Balaban J connectivity index is 3.09. The highest BCUT2D eigenvalue weighted by molar-refractivity contribution is 5.69. The van der Waals surface area contributed by atoms with Crippen LogP contribution in [0.3, 0.4) is 0 Å². The summed E-state index contributed by atoms with van der Waals surface area (Å²) in [4.78, 5) is 11.5. The molecule has 0 fully saturated rings. The van der Waals surface area contributed by atoms with E-state index in [0.29, 0.717) is 32.8 Å². The molecule has 0 aromatic carbocycles. The van der Waals surface area contributed by atoms with E-state index in [0.717, 1.165) is 32.3 Å². The molecule has 4 heteroatoms. The van der Waals surface area contributed by atoms with Gasteiger partial charge in [0.05, 0.1) is 19.8 Å². The first-order chi connectivity index (χ1) is 12.3. The maximum atomic E-state index is 11.5. The fraction of sp³-hybridized carbons (Fsp3) is 0.952. The predicted octanol–water partition coefficient (Wildman–Crippen LogP) is 5.67. The fourth-order valence-corrected chi connectivity index (χ4v) is 2.59. The summed E-state index contributed by atoms with van der Waals surface area (Å²) in [6.07, 6.45) is 14.9. The average Bonchev–Trinajstić information content (AvgIpc) is 2.62. The lowest BCUT2D eigenvalue weighted by atomic mass is 10.1. The Morgan fingerprint density at radius 2 is 1.04 bits per heavy atom. The molecule has 0 saturated heterocycles. The number of carbonyl (C=O) groups is 1. The summed E-state index contributed by atoms with van der Waals surface area (Å²) in [5.74, 6) is -0.102. The lowest BCUT2D eigenvalue weighted by Gasteiger charge is -2.07. The lowest BCUT2D eigenvalue weighted by molar-refractivity contribution is -0.144. The van der Waals surface area contributed by atoms with E-state index in [2.05, 4.69) is 13.8 Å². The van der Waals surface area contributed by atoms with E-state index in [1.165, 1.54) is 51.4 Å². The topological polar surface area (TPSA) is 44.8 Å². The quantitative estimate of drug-likeness (QED) is 0.208. The summed E-state index contributed by atoms with van der Waals surface area (Å²) in [6.45, 7) is 7.68. The van der Waals surface area contributed by atoms with Gasteiger partial charge in [0.2, 0.25) is 0 Å². The molecule has 0 N–H and O–H groups in total. The molecule has 0 aliphatic heterocycles. The monoisotopic (exact) mass is 358 g/mol. The number of hydrogen-bond acceptors (Lipinski definition) is 4. The molecular formula is C21H42O4. The SMILES string of the molecule is CCCCCCCCCOCCOCCCC(=O)OCCCCCC. The predicted molar refractivity (Wildman–Crippen MR) is 104 cm³/mol. The van der Waals surface area contributed by atoms with E-state index < -0.39 is 0 Å². The van der Waals surface area contributed by atoms with Crippen molar-refractivity contribution in [1.82, 2.24) is 0 Å². The number of hydrogen-bond donors (Lipinski definition) is 0. The maximum absolute atomic E-state index is 11.5. The van der Waals surface area contributed by atoms with Gasteiger partial charge in [-0.2, -0.15) is 0 Å². The second-order valence-electron chi connectivity index (χ2n) is 6.73. The molecular weight excluding hydrogens is 316 g/mol. The van der Waals surface area contributed by atoms with Crippen LogP contribution in [0.25, 0.3) is 0 Å². The van der Waals surface area contributed by atoms with Crippen LogP contribution in [0, 0.1) is 0 Å². The molecule has 150 valence electrons. The van der Waals surface area contributed by atoms with Gasteiger partial charge in [-0.05, 0) is 19.3 Å². The zero-order valence-electron chi connectivity index (χ0n) is 16.9. The van der Waals surface area contributed by atoms with Crippen LogP contribution in [0.15, 0.2) is 0 Å². The van der Waals surface area contributed by atoms with Crippen molar-refractivity contribution in [1.29, 1.82) is 0 Å². The molecule has 0 amide bonds. The van der Waals surface area contributed by atoms with Gasteiger partial charge in [0.25, 0.3) is 0 Å². The first-order valence-electron chi connectivity index (χ1n) is 10.6. The smallest absolute Gasteiger partial charge is 0.305 e. The Morgan fingerprint density at radius 3 is 1.68 bits per heavy atom. The molecule has 0 atom stereocenters. The molecule has 0 aliphatic carbocycles. The van der Waals surface area contributed by atoms with Crippen molar-refractivity contribution in [2.45, 2.75) is 97.3 Å². The van der Waals surface area contributed by atoms with Crippen molar-refractivity contribution in [3.05, 3.63) is 0 Å². The molecule has 0 saturated carbocycles. The first-order valence-corrected chi connectivity index (χ1v) is 10.6. The Hall–Kier alpha value is -0.610. The van der Waals surface area contributed by atoms with Crippen molar-refractivity contribution < 1.29 is 19.0 Å². The number of esters is 1. The van der Waals surface area contributed by atoms with E-state index in [-0.39, 0.29) is 5.97 Å². The van der Waals surface area contributed by atoms with Crippen LogP contribution < -0.4 is 0 Å². The van der Waals surface area contributed by atoms with E-state index in [4.69, 9.17) is 14.2 Å². The first kappa shape index (κ1) is 24.4. The van der Waals surface area contributed by atoms with Crippen molar-refractivity contribution in [3.63, 3.8) is 0 Å². The van der Waals surface area contributed by atoms with E-state index in [1.54, 1.807) is 0 Å². The van der Waals surface area contributed by atoms with Gasteiger partial charge in [-0.1, -0.05) is 71.6 Å². The summed E-state index contributed by atoms with van der Waals surface area (Å²) in [5.41, 5.74) is 0. The van der Waals surface area contributed by atoms with Gasteiger partial charge in [-0.25, -0.2) is 0 Å². The molecule has 0 heterocycles. The van der Waals surface area contributed by atoms with Crippen LogP contribution >= 0.6 is 0 Å². The second-order valence-corrected chi connectivity index (χ2v) is 6.73. The molecule has 4 nitrogen and oxygen atoms in total. The molecule has 0 aliphatic rings. The average molecular weight is 359 g/mol. The van der Waals surface area contributed by atoms with Crippen LogP contribution in [0.2, 0.25) is 0 Å². The third kappa shape index (κ3) is 21.3. The van der Waals surface area contributed by atoms with Crippen molar-refractivity contribution >= 4 is 5.97 Å². The van der Waals surface area contributed by atoms with Crippen molar-refractivity contribution in [2.75, 3.05) is 33.0 Å². The minimum Gasteiger partial charge on any atom is -0.466 e. The largest absolute Gasteiger partial charge is 0.466 e. The molecule has 0 unspecified atom stereocenters. The van der Waals surface area contributed by atoms with Gasteiger partial charge in [-0.15, -0.1) is 0 Å². The number of carbonyl (C=O) groups excluding carboxylic acids is 1. The molecule has 25 heavy (non-hydrogen) atoms. The molecule has 0 aromatic heterocycles. The fourth-order valence-electron chi connectivity index (χ4n) is 2.59. The van der Waals surface area contributed by atoms with E-state index in [1.807, 2.05) is 0 Å².